The van der Waals surface area contributed by atoms with E-state index in [0.717, 1.165) is 32.4 Å². The highest BCUT2D eigenvalue weighted by Gasteiger charge is 2.36. The second kappa shape index (κ2) is 7.88. The molecule has 3 atom stereocenters. The normalized spacial score (nSPS) is 30.0. The molecule has 2 N–H and O–H groups in total. The van der Waals surface area contributed by atoms with Crippen LogP contribution in [0.4, 0.5) is 0 Å². The molecule has 1 saturated carbocycles. The van der Waals surface area contributed by atoms with Gasteiger partial charge >= 0.3 is 0 Å². The zero-order chi connectivity index (χ0) is 17.0. The maximum Gasteiger partial charge on any atom is 0.242 e. The van der Waals surface area contributed by atoms with E-state index in [2.05, 4.69) is 14.6 Å². The first-order valence-corrected chi connectivity index (χ1v) is 9.98. The maximum atomic E-state index is 12.5. The fraction of sp³-hybridized carbons (Fsp3) is 0.688. The van der Waals surface area contributed by atoms with Crippen molar-refractivity contribution in [2.45, 2.75) is 48.8 Å². The van der Waals surface area contributed by atoms with Crippen LogP contribution in [0.5, 0.6) is 0 Å². The third-order valence-electron chi connectivity index (χ3n) is 4.84. The highest BCUT2D eigenvalue weighted by Crippen LogP contribution is 2.25. The fourth-order valence-corrected chi connectivity index (χ4v) is 4.79. The van der Waals surface area contributed by atoms with Crippen molar-refractivity contribution in [3.63, 3.8) is 0 Å². The van der Waals surface area contributed by atoms with E-state index >= 15 is 0 Å². The number of ether oxygens (including phenoxy) is 1. The van der Waals surface area contributed by atoms with Crippen molar-refractivity contribution in [3.8, 4) is 0 Å². The van der Waals surface area contributed by atoms with E-state index < -0.39 is 22.2 Å². The molecule has 3 rings (SSSR count). The number of sulfonamides is 1. The largest absolute Gasteiger partial charge is 0.390 e. The minimum Gasteiger partial charge on any atom is -0.390 e. The summed E-state index contributed by atoms with van der Waals surface area (Å²) in [5.41, 5.74) is 0. The lowest BCUT2D eigenvalue weighted by Crippen LogP contribution is -2.55. The summed E-state index contributed by atoms with van der Waals surface area (Å²) in [7, 11) is -3.68. The Kier molecular flexibility index (Phi) is 5.83. The Morgan fingerprint density at radius 1 is 1.25 bits per heavy atom. The van der Waals surface area contributed by atoms with Gasteiger partial charge in [-0.15, -0.1) is 0 Å². The van der Waals surface area contributed by atoms with E-state index in [9.17, 15) is 13.5 Å². The van der Waals surface area contributed by atoms with Crippen LogP contribution < -0.4 is 4.72 Å². The number of morpholine rings is 1. The first-order valence-electron chi connectivity index (χ1n) is 8.50. The molecule has 7 nitrogen and oxygen atoms in total. The third kappa shape index (κ3) is 4.12. The monoisotopic (exact) mass is 355 g/mol. The molecule has 0 radical (unpaired) electrons. The summed E-state index contributed by atoms with van der Waals surface area (Å²) >= 11 is 0. The Balaban J connectivity index is 1.74. The molecule has 2 heterocycles. The summed E-state index contributed by atoms with van der Waals surface area (Å²) in [4.78, 5) is 6.22. The van der Waals surface area contributed by atoms with Gasteiger partial charge in [-0.3, -0.25) is 9.88 Å². The molecule has 0 spiro atoms. The Labute approximate surface area is 143 Å². The highest BCUT2D eigenvalue weighted by atomic mass is 32.2. The van der Waals surface area contributed by atoms with Crippen molar-refractivity contribution in [2.75, 3.05) is 26.3 Å². The van der Waals surface area contributed by atoms with E-state index in [4.69, 9.17) is 4.74 Å². The predicted molar refractivity (Wildman–Crippen MR) is 89.0 cm³/mol. The van der Waals surface area contributed by atoms with Gasteiger partial charge in [0.05, 0.1) is 19.3 Å². The number of pyridine rings is 1. The van der Waals surface area contributed by atoms with Crippen molar-refractivity contribution in [3.05, 3.63) is 24.5 Å². The topological polar surface area (TPSA) is 91.8 Å². The second-order valence-electron chi connectivity index (χ2n) is 6.41. The number of rotatable bonds is 4. The van der Waals surface area contributed by atoms with E-state index in [1.54, 1.807) is 6.07 Å². The van der Waals surface area contributed by atoms with Crippen LogP contribution >= 0.6 is 0 Å². The van der Waals surface area contributed by atoms with Crippen LogP contribution in [0.25, 0.3) is 0 Å². The molecule has 2 aliphatic rings. The number of aromatic nitrogens is 1. The van der Waals surface area contributed by atoms with Crippen LogP contribution in [0.1, 0.15) is 25.7 Å². The molecule has 8 heteroatoms. The first kappa shape index (κ1) is 17.8. The number of hydrogen-bond acceptors (Lipinski definition) is 6. The number of aliphatic hydroxyl groups is 1. The SMILES string of the molecule is O=S(=O)(N[C@@H]1CCCC[C@@H](N2CCOCC2)[C@@H]1O)c1cccnc1. The van der Waals surface area contributed by atoms with Gasteiger partial charge in [0.25, 0.3) is 0 Å². The summed E-state index contributed by atoms with van der Waals surface area (Å²) in [5, 5.41) is 10.8. The van der Waals surface area contributed by atoms with Gasteiger partial charge in [0.15, 0.2) is 0 Å². The average Bonchev–Trinajstić information content (AvgIpc) is 2.78. The Morgan fingerprint density at radius 2 is 2.00 bits per heavy atom. The quantitative estimate of drug-likeness (QED) is 0.758. The molecule has 0 amide bonds. The number of nitrogens with one attached hydrogen (secondary N) is 1. The van der Waals surface area contributed by atoms with E-state index in [1.165, 1.54) is 18.5 Å². The minimum atomic E-state index is -3.68. The molecular weight excluding hydrogens is 330 g/mol. The Hall–Kier alpha value is -1.06. The second-order valence-corrected chi connectivity index (χ2v) is 8.12. The van der Waals surface area contributed by atoms with Crippen LogP contribution in [0, 0.1) is 0 Å². The molecule has 24 heavy (non-hydrogen) atoms. The van der Waals surface area contributed by atoms with Gasteiger partial charge in [-0.1, -0.05) is 12.8 Å². The molecule has 1 saturated heterocycles. The summed E-state index contributed by atoms with van der Waals surface area (Å²) in [6, 6.07) is 2.59. The molecule has 134 valence electrons. The zero-order valence-corrected chi connectivity index (χ0v) is 14.5. The van der Waals surface area contributed by atoms with Gasteiger partial charge in [-0.2, -0.15) is 0 Å². The van der Waals surface area contributed by atoms with Crippen LogP contribution in [-0.4, -0.2) is 67.9 Å². The molecule has 1 aliphatic heterocycles. The van der Waals surface area contributed by atoms with Crippen molar-refractivity contribution >= 4 is 10.0 Å². The smallest absolute Gasteiger partial charge is 0.242 e. The lowest BCUT2D eigenvalue weighted by molar-refractivity contribution is -0.0293. The standard InChI is InChI=1S/C16H25N3O4S/c20-16-14(18-24(21,22)13-4-3-7-17-12-13)5-1-2-6-15(16)19-8-10-23-11-9-19/h3-4,7,12,14-16,18,20H,1-2,5-6,8-11H2/t14-,15-,16-/m1/s1. The van der Waals surface area contributed by atoms with E-state index in [0.29, 0.717) is 19.6 Å². The van der Waals surface area contributed by atoms with Gasteiger partial charge < -0.3 is 9.84 Å². The summed E-state index contributed by atoms with van der Waals surface area (Å²) in [5.74, 6) is 0. The van der Waals surface area contributed by atoms with E-state index in [-0.39, 0.29) is 10.9 Å². The lowest BCUT2D eigenvalue weighted by Gasteiger charge is -2.38. The van der Waals surface area contributed by atoms with Crippen molar-refractivity contribution in [1.29, 1.82) is 0 Å². The van der Waals surface area contributed by atoms with Crippen molar-refractivity contribution < 1.29 is 18.3 Å². The van der Waals surface area contributed by atoms with Crippen molar-refractivity contribution in [1.82, 2.24) is 14.6 Å². The van der Waals surface area contributed by atoms with Crippen LogP contribution in [-0.2, 0) is 14.8 Å². The molecule has 1 aromatic rings. The lowest BCUT2D eigenvalue weighted by atomic mass is 10.0. The molecule has 0 bridgehead atoms. The first-order chi connectivity index (χ1) is 11.6. The Bertz CT molecular complexity index is 619. The number of aliphatic hydroxyl groups excluding tert-OH is 1. The number of hydrogen-bond donors (Lipinski definition) is 2. The van der Waals surface area contributed by atoms with Gasteiger partial charge in [0.1, 0.15) is 4.90 Å². The van der Waals surface area contributed by atoms with Gasteiger partial charge in [-0.05, 0) is 25.0 Å². The van der Waals surface area contributed by atoms with Gasteiger partial charge in [0.2, 0.25) is 10.0 Å². The van der Waals surface area contributed by atoms with Crippen LogP contribution in [0.2, 0.25) is 0 Å². The van der Waals surface area contributed by atoms with Gasteiger partial charge in [-0.25, -0.2) is 13.1 Å². The summed E-state index contributed by atoms with van der Waals surface area (Å²) in [6.07, 6.45) is 5.55. The molecule has 0 aromatic carbocycles. The van der Waals surface area contributed by atoms with Crippen LogP contribution in [0.15, 0.2) is 29.4 Å². The molecule has 1 aliphatic carbocycles. The summed E-state index contributed by atoms with van der Waals surface area (Å²) in [6.45, 7) is 2.89. The molecule has 1 aromatic heterocycles. The molecule has 0 unspecified atom stereocenters. The maximum absolute atomic E-state index is 12.5. The summed E-state index contributed by atoms with van der Waals surface area (Å²) < 4.78 is 33.2. The predicted octanol–water partition coefficient (Wildman–Crippen LogP) is 0.364. The van der Waals surface area contributed by atoms with Gasteiger partial charge in [0, 0.05) is 37.6 Å². The Morgan fingerprint density at radius 3 is 2.71 bits per heavy atom. The molecule has 2 fully saturated rings. The number of nitrogens with zero attached hydrogens (tertiary/aromatic N) is 2. The fourth-order valence-electron chi connectivity index (χ4n) is 3.54. The van der Waals surface area contributed by atoms with Crippen molar-refractivity contribution in [2.24, 2.45) is 0 Å². The van der Waals surface area contributed by atoms with E-state index in [1.807, 2.05) is 0 Å². The molecular formula is C16H25N3O4S. The minimum absolute atomic E-state index is 0.0296. The average molecular weight is 355 g/mol. The third-order valence-corrected chi connectivity index (χ3v) is 6.31. The highest BCUT2D eigenvalue weighted by molar-refractivity contribution is 7.89. The van der Waals surface area contributed by atoms with Crippen LogP contribution in [0.3, 0.4) is 0 Å². The zero-order valence-electron chi connectivity index (χ0n) is 13.7.